The van der Waals surface area contributed by atoms with Crippen LogP contribution in [-0.2, 0) is 9.05 Å². The monoisotopic (exact) mass is 395 g/mol. The van der Waals surface area contributed by atoms with Crippen molar-refractivity contribution in [2.45, 2.75) is 32.1 Å². The second-order valence-electron chi connectivity index (χ2n) is 5.21. The van der Waals surface area contributed by atoms with Crippen molar-refractivity contribution in [1.29, 1.82) is 0 Å². The fourth-order valence-electron chi connectivity index (χ4n) is 2.01. The van der Waals surface area contributed by atoms with E-state index in [0.717, 1.165) is 6.42 Å². The molecule has 1 rings (SSSR count). The topological polar surface area (TPSA) is 54.5 Å². The summed E-state index contributed by atoms with van der Waals surface area (Å²) in [6, 6.07) is 3.03. The lowest BCUT2D eigenvalue weighted by Gasteiger charge is -2.22. The van der Waals surface area contributed by atoms with Crippen LogP contribution in [0.15, 0.2) is 21.5 Å². The Balaban J connectivity index is 3.25. The molecule has 0 saturated heterocycles. The van der Waals surface area contributed by atoms with Gasteiger partial charge < -0.3 is 4.90 Å². The highest BCUT2D eigenvalue weighted by atomic mass is 79.9. The Morgan fingerprint density at radius 3 is 2.48 bits per heavy atom. The minimum absolute atomic E-state index is 0.0427. The van der Waals surface area contributed by atoms with E-state index in [4.69, 9.17) is 10.7 Å². The number of carbonyl (C=O) groups excluding carboxylic acids is 1. The number of hydrogen-bond acceptors (Lipinski definition) is 3. The second-order valence-corrected chi connectivity index (χ2v) is 8.66. The van der Waals surface area contributed by atoms with Gasteiger partial charge in [0.05, 0.1) is 4.90 Å². The summed E-state index contributed by atoms with van der Waals surface area (Å²) in [5.41, 5.74) is 0.712. The van der Waals surface area contributed by atoms with Gasteiger partial charge in [-0.2, -0.15) is 0 Å². The molecule has 0 spiro atoms. The summed E-state index contributed by atoms with van der Waals surface area (Å²) in [6.07, 6.45) is 0.969. The van der Waals surface area contributed by atoms with E-state index in [1.54, 1.807) is 24.9 Å². The number of benzene rings is 1. The summed E-state index contributed by atoms with van der Waals surface area (Å²) >= 11 is 3.23. The molecule has 1 atom stereocenters. The van der Waals surface area contributed by atoms with Crippen LogP contribution in [0.2, 0.25) is 0 Å². The lowest BCUT2D eigenvalue weighted by molar-refractivity contribution is 0.0774. The largest absolute Gasteiger partial charge is 0.341 e. The van der Waals surface area contributed by atoms with Crippen molar-refractivity contribution in [1.82, 2.24) is 4.90 Å². The Bertz CT molecular complexity index is 646. The Labute approximate surface area is 139 Å². The molecule has 0 N–H and O–H groups in total. The number of halogens is 2. The van der Waals surface area contributed by atoms with Crippen LogP contribution in [0.4, 0.5) is 0 Å². The highest BCUT2D eigenvalue weighted by Crippen LogP contribution is 2.28. The average molecular weight is 397 g/mol. The zero-order valence-corrected chi connectivity index (χ0v) is 15.6. The van der Waals surface area contributed by atoms with Gasteiger partial charge in [0.25, 0.3) is 15.0 Å². The highest BCUT2D eigenvalue weighted by Gasteiger charge is 2.22. The van der Waals surface area contributed by atoms with Crippen LogP contribution < -0.4 is 0 Å². The standard InChI is InChI=1S/C14H19BrClNO3S/c1-5-9(2)8-17(4)14(18)12-6-11(15)7-13(10(12)3)21(16,19)20/h6-7,9H,5,8H2,1-4H3. The van der Waals surface area contributed by atoms with Gasteiger partial charge >= 0.3 is 0 Å². The highest BCUT2D eigenvalue weighted by molar-refractivity contribution is 9.10. The van der Waals surface area contributed by atoms with E-state index in [1.165, 1.54) is 6.07 Å². The van der Waals surface area contributed by atoms with Crippen molar-refractivity contribution >= 4 is 41.6 Å². The quantitative estimate of drug-likeness (QED) is 0.711. The van der Waals surface area contributed by atoms with Crippen molar-refractivity contribution in [2.75, 3.05) is 13.6 Å². The Morgan fingerprint density at radius 1 is 1.43 bits per heavy atom. The second kappa shape index (κ2) is 7.11. The first-order chi connectivity index (χ1) is 9.57. The van der Waals surface area contributed by atoms with Crippen molar-refractivity contribution < 1.29 is 13.2 Å². The SMILES string of the molecule is CCC(C)CN(C)C(=O)c1cc(Br)cc(S(=O)(=O)Cl)c1C. The summed E-state index contributed by atoms with van der Waals surface area (Å²) in [7, 11) is 3.24. The number of amides is 1. The third-order valence-electron chi connectivity index (χ3n) is 3.45. The molecular weight excluding hydrogens is 378 g/mol. The molecule has 0 bridgehead atoms. The van der Waals surface area contributed by atoms with Crippen LogP contribution >= 0.6 is 26.6 Å². The summed E-state index contributed by atoms with van der Waals surface area (Å²) in [6.45, 7) is 6.33. The Kier molecular flexibility index (Phi) is 6.25. The van der Waals surface area contributed by atoms with Gasteiger partial charge in [-0.3, -0.25) is 4.79 Å². The van der Waals surface area contributed by atoms with Gasteiger partial charge in [0.2, 0.25) is 0 Å². The third kappa shape index (κ3) is 4.69. The van der Waals surface area contributed by atoms with Gasteiger partial charge in [-0.05, 0) is 30.5 Å². The molecular formula is C14H19BrClNO3S. The third-order valence-corrected chi connectivity index (χ3v) is 5.35. The maximum absolute atomic E-state index is 12.5. The molecule has 0 aliphatic carbocycles. The minimum Gasteiger partial charge on any atom is -0.341 e. The molecule has 0 fully saturated rings. The first-order valence-electron chi connectivity index (χ1n) is 6.58. The Morgan fingerprint density at radius 2 is 2.00 bits per heavy atom. The number of nitrogens with zero attached hydrogens (tertiary/aromatic N) is 1. The van der Waals surface area contributed by atoms with E-state index in [2.05, 4.69) is 29.8 Å². The molecule has 118 valence electrons. The Hall–Kier alpha value is -0.590. The van der Waals surface area contributed by atoms with Crippen molar-refractivity contribution in [3.8, 4) is 0 Å². The fraction of sp³-hybridized carbons (Fsp3) is 0.500. The van der Waals surface area contributed by atoms with E-state index < -0.39 is 9.05 Å². The van der Waals surface area contributed by atoms with E-state index >= 15 is 0 Å². The maximum atomic E-state index is 12.5. The predicted molar refractivity (Wildman–Crippen MR) is 88.3 cm³/mol. The van der Waals surface area contributed by atoms with Crippen LogP contribution in [0, 0.1) is 12.8 Å². The smallest absolute Gasteiger partial charge is 0.261 e. The van der Waals surface area contributed by atoms with Gasteiger partial charge in [0.15, 0.2) is 0 Å². The first kappa shape index (κ1) is 18.5. The van der Waals surface area contributed by atoms with E-state index in [1.807, 2.05) is 0 Å². The summed E-state index contributed by atoms with van der Waals surface area (Å²) in [5.74, 6) is 0.165. The number of carbonyl (C=O) groups is 1. The van der Waals surface area contributed by atoms with Crippen LogP contribution in [0.1, 0.15) is 36.2 Å². The van der Waals surface area contributed by atoms with Gasteiger partial charge in [0, 0.05) is 34.3 Å². The molecule has 1 aromatic rings. The molecule has 0 aromatic heterocycles. The molecule has 21 heavy (non-hydrogen) atoms. The molecule has 4 nitrogen and oxygen atoms in total. The van der Waals surface area contributed by atoms with Crippen LogP contribution in [0.3, 0.4) is 0 Å². The minimum atomic E-state index is -3.89. The lowest BCUT2D eigenvalue weighted by Crippen LogP contribution is -2.31. The summed E-state index contributed by atoms with van der Waals surface area (Å²) in [4.78, 5) is 14.1. The van der Waals surface area contributed by atoms with Gasteiger partial charge in [0.1, 0.15) is 0 Å². The van der Waals surface area contributed by atoms with Gasteiger partial charge in [-0.25, -0.2) is 8.42 Å². The summed E-state index contributed by atoms with van der Waals surface area (Å²) in [5, 5.41) is 0. The van der Waals surface area contributed by atoms with Crippen LogP contribution in [0.5, 0.6) is 0 Å². The normalized spacial score (nSPS) is 13.0. The molecule has 1 unspecified atom stereocenters. The predicted octanol–water partition coefficient (Wildman–Crippen LogP) is 3.80. The fourth-order valence-corrected chi connectivity index (χ4v) is 3.85. The molecule has 0 aliphatic heterocycles. The first-order valence-corrected chi connectivity index (χ1v) is 9.68. The zero-order chi connectivity index (χ0) is 16.4. The van der Waals surface area contributed by atoms with Crippen molar-refractivity contribution in [3.63, 3.8) is 0 Å². The molecule has 0 aliphatic rings. The number of hydrogen-bond donors (Lipinski definition) is 0. The molecule has 0 radical (unpaired) electrons. The van der Waals surface area contributed by atoms with Gasteiger partial charge in [-0.1, -0.05) is 36.2 Å². The lowest BCUT2D eigenvalue weighted by atomic mass is 10.1. The van der Waals surface area contributed by atoms with E-state index in [9.17, 15) is 13.2 Å². The molecule has 1 aromatic carbocycles. The molecule has 7 heteroatoms. The maximum Gasteiger partial charge on any atom is 0.261 e. The van der Waals surface area contributed by atoms with E-state index in [0.29, 0.717) is 28.1 Å². The average Bonchev–Trinajstić information content (AvgIpc) is 2.38. The van der Waals surface area contributed by atoms with Gasteiger partial charge in [-0.15, -0.1) is 0 Å². The van der Waals surface area contributed by atoms with E-state index in [-0.39, 0.29) is 10.8 Å². The summed E-state index contributed by atoms with van der Waals surface area (Å²) < 4.78 is 23.7. The van der Waals surface area contributed by atoms with Crippen LogP contribution in [0.25, 0.3) is 0 Å². The van der Waals surface area contributed by atoms with Crippen molar-refractivity contribution in [3.05, 3.63) is 27.7 Å². The molecule has 0 heterocycles. The molecule has 1 amide bonds. The van der Waals surface area contributed by atoms with Crippen molar-refractivity contribution in [2.24, 2.45) is 5.92 Å². The zero-order valence-electron chi connectivity index (χ0n) is 12.5. The molecule has 0 saturated carbocycles. The number of rotatable bonds is 5. The van der Waals surface area contributed by atoms with Crippen LogP contribution in [-0.4, -0.2) is 32.8 Å².